The molecule has 0 spiro atoms. The summed E-state index contributed by atoms with van der Waals surface area (Å²) in [7, 11) is 0. The van der Waals surface area contributed by atoms with Gasteiger partial charge in [0.05, 0.1) is 19.3 Å². The van der Waals surface area contributed by atoms with Gasteiger partial charge in [-0.05, 0) is 49.8 Å². The van der Waals surface area contributed by atoms with Crippen molar-refractivity contribution < 1.29 is 23.4 Å². The molecule has 25 heavy (non-hydrogen) atoms. The van der Waals surface area contributed by atoms with E-state index in [9.17, 15) is 9.18 Å². The molecule has 1 aromatic carbocycles. The molecular formula is C19H26FNO4. The van der Waals surface area contributed by atoms with Gasteiger partial charge in [-0.15, -0.1) is 0 Å². The Hall–Kier alpha value is -1.50. The van der Waals surface area contributed by atoms with Crippen LogP contribution in [0.1, 0.15) is 25.3 Å². The van der Waals surface area contributed by atoms with Crippen molar-refractivity contribution in [1.29, 1.82) is 0 Å². The average molecular weight is 351 g/mol. The first-order valence-electron chi connectivity index (χ1n) is 8.93. The third-order valence-electron chi connectivity index (χ3n) is 4.89. The van der Waals surface area contributed by atoms with Crippen molar-refractivity contribution in [2.24, 2.45) is 17.6 Å². The molecule has 2 fully saturated rings. The number of ether oxygens (including phenoxy) is 3. The van der Waals surface area contributed by atoms with E-state index in [0.29, 0.717) is 25.6 Å². The van der Waals surface area contributed by atoms with Crippen LogP contribution >= 0.6 is 0 Å². The van der Waals surface area contributed by atoms with Gasteiger partial charge in [0, 0.05) is 12.5 Å². The van der Waals surface area contributed by atoms with Gasteiger partial charge in [0.1, 0.15) is 18.0 Å². The molecule has 138 valence electrons. The second-order valence-corrected chi connectivity index (χ2v) is 7.10. The standard InChI is InChI=1S/C19H26FNO4/c1-12-16(8-13-4-6-15(20)7-5-13)18(24-9-14-2-3-14)11-23-10-17(21)19(22)25-12/h4-7,12,14,16-18H,2-3,8-11,21H2,1H3/t12-,16-,17-,18-/m0/s1. The monoisotopic (exact) mass is 351 g/mol. The van der Waals surface area contributed by atoms with Crippen LogP contribution < -0.4 is 5.73 Å². The minimum atomic E-state index is -0.781. The lowest BCUT2D eigenvalue weighted by Crippen LogP contribution is -2.40. The predicted octanol–water partition coefficient (Wildman–Crippen LogP) is 2.07. The summed E-state index contributed by atoms with van der Waals surface area (Å²) in [4.78, 5) is 12.0. The zero-order valence-corrected chi connectivity index (χ0v) is 14.5. The molecule has 6 heteroatoms. The first-order chi connectivity index (χ1) is 12.0. The van der Waals surface area contributed by atoms with Crippen molar-refractivity contribution in [2.45, 2.75) is 44.4 Å². The lowest BCUT2D eigenvalue weighted by atomic mass is 9.89. The molecule has 1 saturated heterocycles. The minimum absolute atomic E-state index is 0.0848. The van der Waals surface area contributed by atoms with Crippen LogP contribution in [0.2, 0.25) is 0 Å². The fourth-order valence-electron chi connectivity index (χ4n) is 3.07. The molecule has 4 atom stereocenters. The van der Waals surface area contributed by atoms with E-state index in [2.05, 4.69) is 0 Å². The van der Waals surface area contributed by atoms with Crippen molar-refractivity contribution in [3.05, 3.63) is 35.6 Å². The molecule has 0 bridgehead atoms. The van der Waals surface area contributed by atoms with Gasteiger partial charge in [-0.3, -0.25) is 4.79 Å². The fraction of sp³-hybridized carbons (Fsp3) is 0.632. The molecule has 1 aromatic rings. The highest BCUT2D eigenvalue weighted by atomic mass is 19.1. The number of hydrogen-bond acceptors (Lipinski definition) is 5. The van der Waals surface area contributed by atoms with Gasteiger partial charge < -0.3 is 19.9 Å². The van der Waals surface area contributed by atoms with Crippen LogP contribution in [0, 0.1) is 17.7 Å². The molecule has 0 amide bonds. The van der Waals surface area contributed by atoms with Gasteiger partial charge in [-0.1, -0.05) is 12.1 Å². The first kappa shape index (κ1) is 18.3. The van der Waals surface area contributed by atoms with E-state index in [-0.39, 0.29) is 30.5 Å². The van der Waals surface area contributed by atoms with Crippen LogP contribution in [0.5, 0.6) is 0 Å². The Morgan fingerprint density at radius 1 is 1.24 bits per heavy atom. The number of carbonyl (C=O) groups is 1. The number of rotatable bonds is 5. The summed E-state index contributed by atoms with van der Waals surface area (Å²) in [6, 6.07) is 5.60. The van der Waals surface area contributed by atoms with Gasteiger partial charge >= 0.3 is 5.97 Å². The quantitative estimate of drug-likeness (QED) is 0.823. The SMILES string of the molecule is C[C@@H]1OC(=O)[C@@H](N)COC[C@H](OCC2CC2)[C@H]1Cc1ccc(F)cc1. The number of cyclic esters (lactones) is 1. The van der Waals surface area contributed by atoms with Crippen molar-refractivity contribution >= 4 is 5.97 Å². The smallest absolute Gasteiger partial charge is 0.325 e. The molecule has 0 radical (unpaired) electrons. The van der Waals surface area contributed by atoms with Crippen molar-refractivity contribution in [3.8, 4) is 0 Å². The topological polar surface area (TPSA) is 70.8 Å². The molecular weight excluding hydrogens is 325 g/mol. The number of nitrogens with two attached hydrogens (primary N) is 1. The van der Waals surface area contributed by atoms with Gasteiger partial charge in [0.25, 0.3) is 0 Å². The molecule has 0 unspecified atom stereocenters. The van der Waals surface area contributed by atoms with Gasteiger partial charge in [0.15, 0.2) is 0 Å². The lowest BCUT2D eigenvalue weighted by molar-refractivity contribution is -0.154. The highest BCUT2D eigenvalue weighted by Gasteiger charge is 2.35. The second-order valence-electron chi connectivity index (χ2n) is 7.10. The largest absolute Gasteiger partial charge is 0.461 e. The second kappa shape index (κ2) is 8.25. The fourth-order valence-corrected chi connectivity index (χ4v) is 3.07. The van der Waals surface area contributed by atoms with Crippen molar-refractivity contribution in [1.82, 2.24) is 0 Å². The maximum atomic E-state index is 13.2. The Kier molecular flexibility index (Phi) is 6.04. The Labute approximate surface area is 147 Å². The normalized spacial score (nSPS) is 30.9. The van der Waals surface area contributed by atoms with Gasteiger partial charge in [0.2, 0.25) is 0 Å². The summed E-state index contributed by atoms with van der Waals surface area (Å²) in [5, 5.41) is 0. The molecule has 0 aromatic heterocycles. The third-order valence-corrected chi connectivity index (χ3v) is 4.89. The van der Waals surface area contributed by atoms with Crippen LogP contribution in [0.25, 0.3) is 0 Å². The van der Waals surface area contributed by atoms with Gasteiger partial charge in [-0.25, -0.2) is 4.39 Å². The van der Waals surface area contributed by atoms with Gasteiger partial charge in [-0.2, -0.15) is 0 Å². The van der Waals surface area contributed by atoms with E-state index in [1.807, 2.05) is 6.92 Å². The number of carbonyl (C=O) groups excluding carboxylic acids is 1. The average Bonchev–Trinajstić information content (AvgIpc) is 3.40. The molecule has 1 heterocycles. The number of esters is 1. The van der Waals surface area contributed by atoms with Crippen LogP contribution in [0.4, 0.5) is 4.39 Å². The Balaban J connectivity index is 1.76. The molecule has 3 rings (SSSR count). The predicted molar refractivity (Wildman–Crippen MR) is 90.4 cm³/mol. The molecule has 2 N–H and O–H groups in total. The van der Waals surface area contributed by atoms with E-state index >= 15 is 0 Å². The van der Waals surface area contributed by atoms with Crippen molar-refractivity contribution in [2.75, 3.05) is 19.8 Å². The first-order valence-corrected chi connectivity index (χ1v) is 8.93. The third kappa shape index (κ3) is 5.23. The van der Waals surface area contributed by atoms with Crippen molar-refractivity contribution in [3.63, 3.8) is 0 Å². The number of hydrogen-bond donors (Lipinski definition) is 1. The Morgan fingerprint density at radius 2 is 1.96 bits per heavy atom. The summed E-state index contributed by atoms with van der Waals surface area (Å²) in [5.41, 5.74) is 6.76. The maximum Gasteiger partial charge on any atom is 0.325 e. The van der Waals surface area contributed by atoms with E-state index in [0.717, 1.165) is 5.56 Å². The summed E-state index contributed by atoms with van der Waals surface area (Å²) in [5.74, 6) is -0.189. The van der Waals surface area contributed by atoms with E-state index in [1.165, 1.54) is 25.0 Å². The maximum absolute atomic E-state index is 13.2. The van der Waals surface area contributed by atoms with Crippen LogP contribution in [-0.2, 0) is 25.4 Å². The van der Waals surface area contributed by atoms with Crippen LogP contribution in [-0.4, -0.2) is 44.0 Å². The minimum Gasteiger partial charge on any atom is -0.461 e. The summed E-state index contributed by atoms with van der Waals surface area (Å²) in [6.07, 6.45) is 2.45. The highest BCUT2D eigenvalue weighted by molar-refractivity contribution is 5.75. The summed E-state index contributed by atoms with van der Waals surface area (Å²) in [6.45, 7) is 3.05. The molecule has 1 aliphatic carbocycles. The van der Waals surface area contributed by atoms with Crippen LogP contribution in [0.3, 0.4) is 0 Å². The zero-order valence-electron chi connectivity index (χ0n) is 14.5. The number of halogens is 1. The molecule has 5 nitrogen and oxygen atoms in total. The zero-order chi connectivity index (χ0) is 17.8. The Morgan fingerprint density at radius 3 is 2.64 bits per heavy atom. The lowest BCUT2D eigenvalue weighted by Gasteiger charge is -2.31. The molecule has 1 aliphatic heterocycles. The van der Waals surface area contributed by atoms with Crippen LogP contribution in [0.15, 0.2) is 24.3 Å². The van der Waals surface area contributed by atoms with E-state index in [1.54, 1.807) is 12.1 Å². The van der Waals surface area contributed by atoms with E-state index in [4.69, 9.17) is 19.9 Å². The molecule has 2 aliphatic rings. The van der Waals surface area contributed by atoms with E-state index < -0.39 is 12.0 Å². The highest BCUT2D eigenvalue weighted by Crippen LogP contribution is 2.31. The number of benzene rings is 1. The summed E-state index contributed by atoms with van der Waals surface area (Å²) < 4.78 is 30.5. The Bertz CT molecular complexity index is 575. The summed E-state index contributed by atoms with van der Waals surface area (Å²) >= 11 is 0. The molecule has 1 saturated carbocycles.